The summed E-state index contributed by atoms with van der Waals surface area (Å²) in [5.41, 5.74) is 0. The Hall–Kier alpha value is -1.65. The van der Waals surface area contributed by atoms with Gasteiger partial charge in [0.25, 0.3) is 6.08 Å². The van der Waals surface area contributed by atoms with E-state index in [4.69, 9.17) is 24.5 Å². The molecular formula is C35H58N2O6. The fraction of sp³-hybridized carbons (Fsp3) is 0.943. The zero-order valence-corrected chi connectivity index (χ0v) is 27.9. The average molecular weight is 603 g/mol. The van der Waals surface area contributed by atoms with Crippen LogP contribution in [0.1, 0.15) is 113 Å². The number of carbonyl (C=O) groups excluding carboxylic acids is 1. The van der Waals surface area contributed by atoms with Crippen LogP contribution >= 0.6 is 0 Å². The predicted molar refractivity (Wildman–Crippen MR) is 164 cm³/mol. The van der Waals surface area contributed by atoms with E-state index in [0.717, 1.165) is 37.5 Å². The molecule has 0 aromatic heterocycles. The van der Waals surface area contributed by atoms with Gasteiger partial charge in [-0.2, -0.15) is 4.89 Å². The fourth-order valence-corrected chi connectivity index (χ4v) is 10.1. The van der Waals surface area contributed by atoms with E-state index >= 15 is 0 Å². The topological polar surface area (TPSA) is 99.4 Å². The van der Waals surface area contributed by atoms with E-state index in [-0.39, 0.29) is 24.4 Å². The molecule has 0 spiro atoms. The van der Waals surface area contributed by atoms with Crippen LogP contribution in [0.3, 0.4) is 0 Å². The van der Waals surface area contributed by atoms with Crippen molar-refractivity contribution in [2.24, 2.45) is 64.3 Å². The van der Waals surface area contributed by atoms with Crippen LogP contribution in [0.25, 0.3) is 0 Å². The molecule has 0 N–H and O–H groups in total. The van der Waals surface area contributed by atoms with Crippen LogP contribution in [0.15, 0.2) is 5.16 Å². The predicted octanol–water partition coefficient (Wildman–Crippen LogP) is 7.81. The molecule has 8 atom stereocenters. The maximum Gasteiger partial charge on any atom is 0.324 e. The summed E-state index contributed by atoms with van der Waals surface area (Å²) in [5, 5.41) is 12.1. The Morgan fingerprint density at radius 1 is 0.581 bits per heavy atom. The third-order valence-electron chi connectivity index (χ3n) is 11.6. The van der Waals surface area contributed by atoms with Crippen LogP contribution in [0.5, 0.6) is 0 Å². The van der Waals surface area contributed by atoms with E-state index in [1.165, 1.54) is 38.2 Å². The lowest BCUT2D eigenvalue weighted by molar-refractivity contribution is -0.306. The summed E-state index contributed by atoms with van der Waals surface area (Å²) in [6.07, 6.45) is 14.3. The zero-order valence-electron chi connectivity index (χ0n) is 27.9. The van der Waals surface area contributed by atoms with Crippen molar-refractivity contribution in [2.75, 3.05) is 0 Å². The van der Waals surface area contributed by atoms with Crippen molar-refractivity contribution in [2.45, 2.75) is 150 Å². The second-order valence-corrected chi connectivity index (χ2v) is 15.6. The summed E-state index contributed by atoms with van der Waals surface area (Å²) in [4.78, 5) is 25.9. The van der Waals surface area contributed by atoms with Crippen LogP contribution in [0, 0.1) is 70.7 Å². The molecule has 244 valence electrons. The lowest BCUT2D eigenvalue weighted by atomic mass is 9.67. The van der Waals surface area contributed by atoms with E-state index in [2.05, 4.69) is 65.4 Å². The van der Waals surface area contributed by atoms with E-state index in [1.54, 1.807) is 6.26 Å². The third-order valence-corrected chi connectivity index (χ3v) is 11.6. The van der Waals surface area contributed by atoms with Gasteiger partial charge in [0.1, 0.15) is 12.2 Å². The van der Waals surface area contributed by atoms with Gasteiger partial charge >= 0.3 is 6.26 Å². The quantitative estimate of drug-likeness (QED) is 0.0826. The van der Waals surface area contributed by atoms with Crippen molar-refractivity contribution in [1.29, 1.82) is 5.26 Å². The summed E-state index contributed by atoms with van der Waals surface area (Å²) in [6, 6.07) is 0. The Labute approximate surface area is 260 Å². The first-order valence-corrected chi connectivity index (χ1v) is 17.3. The minimum absolute atomic E-state index is 0.0378. The highest BCUT2D eigenvalue weighted by atomic mass is 17.2. The SMILES string of the molecule is CC1CC(OC2C(C)CC(CC3CC(C)C(OC4CC(C)C(OOC#N)C(C)C4)C(C)C3)CC2C)CC(C)C1ON=C=O. The zero-order chi connectivity index (χ0) is 31.3. The summed E-state index contributed by atoms with van der Waals surface area (Å²) >= 11 is 0. The van der Waals surface area contributed by atoms with Gasteiger partial charge in [0.15, 0.2) is 0 Å². The van der Waals surface area contributed by atoms with Crippen LogP contribution < -0.4 is 0 Å². The minimum Gasteiger partial charge on any atom is -0.382 e. The number of hydrogen-bond acceptors (Lipinski definition) is 8. The second-order valence-electron chi connectivity index (χ2n) is 15.6. The van der Waals surface area contributed by atoms with Crippen molar-refractivity contribution in [1.82, 2.24) is 0 Å². The molecule has 0 aromatic rings. The molecule has 8 heteroatoms. The summed E-state index contributed by atoms with van der Waals surface area (Å²) in [6.45, 7) is 18.3. The molecule has 4 saturated carbocycles. The molecule has 0 amide bonds. The molecule has 8 unspecified atom stereocenters. The summed E-state index contributed by atoms with van der Waals surface area (Å²) < 4.78 is 13.7. The van der Waals surface area contributed by atoms with Crippen molar-refractivity contribution in [3.05, 3.63) is 0 Å². The average Bonchev–Trinajstić information content (AvgIpc) is 2.92. The lowest BCUT2D eigenvalue weighted by Crippen LogP contribution is -2.45. The molecule has 4 fully saturated rings. The molecule has 0 aromatic carbocycles. The fourth-order valence-electron chi connectivity index (χ4n) is 10.1. The normalized spacial score (nSPS) is 47.1. The Balaban J connectivity index is 1.23. The van der Waals surface area contributed by atoms with Gasteiger partial charge in [-0.05, 0) is 117 Å². The number of ether oxygens (including phenoxy) is 2. The van der Waals surface area contributed by atoms with E-state index in [9.17, 15) is 4.79 Å². The molecule has 0 bridgehead atoms. The Kier molecular flexibility index (Phi) is 12.4. The molecule has 0 saturated heterocycles. The molecule has 4 aliphatic rings. The van der Waals surface area contributed by atoms with Crippen LogP contribution in [-0.2, 0) is 28.9 Å². The van der Waals surface area contributed by atoms with Gasteiger partial charge in [-0.3, -0.25) is 4.89 Å². The Morgan fingerprint density at radius 3 is 1.33 bits per heavy atom. The Morgan fingerprint density at radius 2 is 0.953 bits per heavy atom. The molecule has 4 aliphatic carbocycles. The van der Waals surface area contributed by atoms with Crippen LogP contribution in [0.2, 0.25) is 0 Å². The van der Waals surface area contributed by atoms with Gasteiger partial charge in [0, 0.05) is 5.16 Å². The number of hydrogen-bond donors (Lipinski definition) is 0. The van der Waals surface area contributed by atoms with Crippen molar-refractivity contribution < 1.29 is 28.9 Å². The molecular weight excluding hydrogens is 544 g/mol. The number of isocyanates is 1. The van der Waals surface area contributed by atoms with E-state index < -0.39 is 0 Å². The van der Waals surface area contributed by atoms with Crippen molar-refractivity contribution in [3.63, 3.8) is 0 Å². The van der Waals surface area contributed by atoms with Crippen LogP contribution in [-0.4, -0.2) is 42.7 Å². The monoisotopic (exact) mass is 602 g/mol. The molecule has 0 aliphatic heterocycles. The van der Waals surface area contributed by atoms with Gasteiger partial charge < -0.3 is 14.3 Å². The third kappa shape index (κ3) is 8.75. The highest BCUT2D eigenvalue weighted by molar-refractivity contribution is 5.31. The minimum atomic E-state index is -0.0541. The summed E-state index contributed by atoms with van der Waals surface area (Å²) in [7, 11) is 0. The molecule has 8 nitrogen and oxygen atoms in total. The number of rotatable bonds is 10. The maximum atomic E-state index is 10.5. The smallest absolute Gasteiger partial charge is 0.324 e. The molecule has 4 rings (SSSR count). The highest BCUT2D eigenvalue weighted by Gasteiger charge is 2.43. The van der Waals surface area contributed by atoms with Gasteiger partial charge in [0.2, 0.25) is 0 Å². The first-order chi connectivity index (χ1) is 20.5. The summed E-state index contributed by atoms with van der Waals surface area (Å²) in [5.74, 6) is 4.97. The Bertz CT molecular complexity index is 918. The van der Waals surface area contributed by atoms with Crippen molar-refractivity contribution in [3.8, 4) is 6.26 Å². The molecule has 43 heavy (non-hydrogen) atoms. The van der Waals surface area contributed by atoms with Gasteiger partial charge in [0.05, 0.1) is 24.4 Å². The van der Waals surface area contributed by atoms with Crippen molar-refractivity contribution >= 4 is 6.08 Å². The van der Waals surface area contributed by atoms with Gasteiger partial charge in [-0.1, -0.05) is 55.4 Å². The van der Waals surface area contributed by atoms with Gasteiger partial charge in [-0.25, -0.2) is 4.79 Å². The first-order valence-electron chi connectivity index (χ1n) is 17.3. The number of nitriles is 1. The standard InChI is InChI=1S/C35H58N2O6/c1-20-9-28(10-21(2)32(20)40-30-13-24(5)34(25(6)14-30)42-37-19-38)17-29-11-22(3)33(23(4)12-29)41-31-15-26(7)35(27(8)16-31)43-39-18-36/h20-35H,9-17H2,1-8H3. The maximum absolute atomic E-state index is 10.5. The van der Waals surface area contributed by atoms with Gasteiger partial charge in [-0.15, -0.1) is 5.26 Å². The first kappa shape index (κ1) is 34.2. The largest absolute Gasteiger partial charge is 0.382 e. The highest BCUT2D eigenvalue weighted by Crippen LogP contribution is 2.46. The lowest BCUT2D eigenvalue weighted by Gasteiger charge is -2.46. The molecule has 0 heterocycles. The van der Waals surface area contributed by atoms with E-state index in [1.807, 2.05) is 0 Å². The second kappa shape index (κ2) is 15.6. The van der Waals surface area contributed by atoms with Crippen LogP contribution in [0.4, 0.5) is 0 Å². The number of nitrogens with zero attached hydrogens (tertiary/aromatic N) is 2. The van der Waals surface area contributed by atoms with E-state index in [0.29, 0.717) is 59.6 Å². The molecule has 0 radical (unpaired) electrons.